The molecule has 110 valence electrons. The van der Waals surface area contributed by atoms with Crippen LogP contribution in [0, 0.1) is 0 Å². The molecular weight excluding hydrogens is 328 g/mol. The Bertz CT molecular complexity index is 671. The van der Waals surface area contributed by atoms with Gasteiger partial charge in [0.25, 0.3) is 5.91 Å². The largest absolute Gasteiger partial charge is 0.487 e. The van der Waals surface area contributed by atoms with E-state index >= 15 is 0 Å². The van der Waals surface area contributed by atoms with Crippen molar-refractivity contribution in [2.45, 2.75) is 4.21 Å². The SMILES string of the molecule is COc1sc(SC)cc1/C=N/NC(=O)c1cccc(Cl)c1. The van der Waals surface area contributed by atoms with Gasteiger partial charge in [0.05, 0.1) is 17.5 Å². The molecule has 21 heavy (non-hydrogen) atoms. The molecule has 0 saturated heterocycles. The summed E-state index contributed by atoms with van der Waals surface area (Å²) in [5.74, 6) is -0.312. The maximum atomic E-state index is 11.9. The van der Waals surface area contributed by atoms with Crippen LogP contribution in [0.25, 0.3) is 0 Å². The number of nitrogens with one attached hydrogen (secondary N) is 1. The molecule has 0 saturated carbocycles. The predicted molar refractivity (Wildman–Crippen MR) is 89.2 cm³/mol. The van der Waals surface area contributed by atoms with Crippen LogP contribution in [-0.2, 0) is 0 Å². The normalized spacial score (nSPS) is 10.8. The van der Waals surface area contributed by atoms with Crippen LogP contribution < -0.4 is 10.2 Å². The number of ether oxygens (including phenoxy) is 1. The van der Waals surface area contributed by atoms with Crippen LogP contribution in [0.1, 0.15) is 15.9 Å². The summed E-state index contributed by atoms with van der Waals surface area (Å²) in [7, 11) is 1.61. The highest BCUT2D eigenvalue weighted by Gasteiger charge is 2.08. The van der Waals surface area contributed by atoms with E-state index in [1.165, 1.54) is 11.3 Å². The second kappa shape index (κ2) is 7.49. The predicted octanol–water partition coefficient (Wildman–Crippen LogP) is 3.90. The van der Waals surface area contributed by atoms with Crippen LogP contribution in [0.3, 0.4) is 0 Å². The number of hydrogen-bond donors (Lipinski definition) is 1. The molecule has 1 N–H and O–H groups in total. The van der Waals surface area contributed by atoms with Gasteiger partial charge in [0, 0.05) is 16.1 Å². The van der Waals surface area contributed by atoms with Crippen molar-refractivity contribution in [1.29, 1.82) is 0 Å². The Kier molecular flexibility index (Phi) is 5.67. The molecule has 0 fully saturated rings. The number of thiophene rings is 1. The van der Waals surface area contributed by atoms with Crippen LogP contribution in [0.5, 0.6) is 5.06 Å². The zero-order valence-corrected chi connectivity index (χ0v) is 13.8. The lowest BCUT2D eigenvalue weighted by molar-refractivity contribution is 0.0955. The highest BCUT2D eigenvalue weighted by molar-refractivity contribution is 8.00. The van der Waals surface area contributed by atoms with E-state index in [9.17, 15) is 4.79 Å². The Morgan fingerprint density at radius 1 is 1.48 bits per heavy atom. The molecule has 0 spiro atoms. The van der Waals surface area contributed by atoms with Gasteiger partial charge in [-0.05, 0) is 30.5 Å². The van der Waals surface area contributed by atoms with Crippen molar-refractivity contribution in [3.8, 4) is 5.06 Å². The summed E-state index contributed by atoms with van der Waals surface area (Å²) in [5.41, 5.74) is 3.76. The lowest BCUT2D eigenvalue weighted by Gasteiger charge is -2.00. The van der Waals surface area contributed by atoms with Gasteiger partial charge in [0.2, 0.25) is 0 Å². The highest BCUT2D eigenvalue weighted by Crippen LogP contribution is 2.34. The Morgan fingerprint density at radius 2 is 2.29 bits per heavy atom. The molecule has 0 aliphatic heterocycles. The van der Waals surface area contributed by atoms with Gasteiger partial charge in [-0.15, -0.1) is 11.8 Å². The second-order valence-electron chi connectivity index (χ2n) is 3.93. The third-order valence-electron chi connectivity index (χ3n) is 2.55. The second-order valence-corrected chi connectivity index (χ2v) is 6.48. The van der Waals surface area contributed by atoms with Gasteiger partial charge in [-0.2, -0.15) is 5.10 Å². The molecule has 1 amide bonds. The molecule has 2 rings (SSSR count). The summed E-state index contributed by atoms with van der Waals surface area (Å²) >= 11 is 9.01. The average Bonchev–Trinajstić information content (AvgIpc) is 2.89. The van der Waals surface area contributed by atoms with E-state index in [1.54, 1.807) is 49.4 Å². The minimum Gasteiger partial charge on any atom is -0.487 e. The van der Waals surface area contributed by atoms with E-state index in [0.717, 1.165) is 14.8 Å². The standard InChI is InChI=1S/C14H13ClN2O2S2/c1-19-14-10(7-12(20-2)21-14)8-16-17-13(18)9-4-3-5-11(15)6-9/h3-8H,1-2H3,(H,17,18)/b16-8+. The van der Waals surface area contributed by atoms with Crippen LogP contribution in [0.4, 0.5) is 0 Å². The van der Waals surface area contributed by atoms with Crippen molar-refractivity contribution >= 4 is 46.8 Å². The van der Waals surface area contributed by atoms with E-state index in [2.05, 4.69) is 10.5 Å². The molecule has 1 aromatic carbocycles. The Morgan fingerprint density at radius 3 is 2.95 bits per heavy atom. The zero-order valence-electron chi connectivity index (χ0n) is 11.4. The Hall–Kier alpha value is -1.50. The van der Waals surface area contributed by atoms with Crippen LogP contribution in [0.15, 0.2) is 39.6 Å². The minimum absolute atomic E-state index is 0.312. The van der Waals surface area contributed by atoms with Crippen molar-refractivity contribution in [1.82, 2.24) is 5.43 Å². The van der Waals surface area contributed by atoms with Gasteiger partial charge in [0.15, 0.2) is 5.06 Å². The fourth-order valence-corrected chi connectivity index (χ4v) is 3.25. The number of halogens is 1. The van der Waals surface area contributed by atoms with E-state index in [1.807, 2.05) is 12.3 Å². The number of methoxy groups -OCH3 is 1. The first kappa shape index (κ1) is 15.9. The monoisotopic (exact) mass is 340 g/mol. The van der Waals surface area contributed by atoms with Gasteiger partial charge in [-0.1, -0.05) is 29.0 Å². The number of rotatable bonds is 5. The smallest absolute Gasteiger partial charge is 0.271 e. The van der Waals surface area contributed by atoms with Gasteiger partial charge in [-0.25, -0.2) is 5.43 Å². The maximum absolute atomic E-state index is 11.9. The van der Waals surface area contributed by atoms with E-state index in [4.69, 9.17) is 16.3 Å². The summed E-state index contributed by atoms with van der Waals surface area (Å²) in [6.07, 6.45) is 3.56. The third-order valence-corrected chi connectivity index (χ3v) is 4.96. The number of thioether (sulfide) groups is 1. The number of carbonyl (C=O) groups is 1. The van der Waals surface area contributed by atoms with Crippen LogP contribution >= 0.6 is 34.7 Å². The summed E-state index contributed by atoms with van der Waals surface area (Å²) in [6.45, 7) is 0. The third kappa shape index (κ3) is 4.23. The fraction of sp³-hybridized carbons (Fsp3) is 0.143. The maximum Gasteiger partial charge on any atom is 0.271 e. The molecule has 7 heteroatoms. The number of carbonyl (C=O) groups excluding carboxylic acids is 1. The first-order valence-corrected chi connectivity index (χ1v) is 8.36. The zero-order chi connectivity index (χ0) is 15.2. The fourth-order valence-electron chi connectivity index (χ4n) is 1.57. The number of amides is 1. The van der Waals surface area contributed by atoms with Gasteiger partial charge < -0.3 is 4.74 Å². The summed E-state index contributed by atoms with van der Waals surface area (Å²) < 4.78 is 6.39. The van der Waals surface area contributed by atoms with Crippen LogP contribution in [0.2, 0.25) is 5.02 Å². The van der Waals surface area contributed by atoms with Gasteiger partial charge in [-0.3, -0.25) is 4.79 Å². The van der Waals surface area contributed by atoms with Crippen molar-refractivity contribution in [3.05, 3.63) is 46.5 Å². The first-order chi connectivity index (χ1) is 10.1. The lowest BCUT2D eigenvalue weighted by atomic mass is 10.2. The Balaban J connectivity index is 2.05. The van der Waals surface area contributed by atoms with E-state index < -0.39 is 0 Å². The molecule has 1 heterocycles. The Labute approximate surface area is 136 Å². The minimum atomic E-state index is -0.312. The van der Waals surface area contributed by atoms with Gasteiger partial charge >= 0.3 is 0 Å². The van der Waals surface area contributed by atoms with Crippen molar-refractivity contribution in [2.75, 3.05) is 13.4 Å². The van der Waals surface area contributed by atoms with Gasteiger partial charge in [0.1, 0.15) is 0 Å². The summed E-state index contributed by atoms with van der Waals surface area (Å²) in [5, 5.41) is 5.23. The molecule has 0 aliphatic carbocycles. The molecule has 0 bridgehead atoms. The quantitative estimate of drug-likeness (QED) is 0.510. The molecule has 0 unspecified atom stereocenters. The summed E-state index contributed by atoms with van der Waals surface area (Å²) in [4.78, 5) is 11.9. The average molecular weight is 341 g/mol. The topological polar surface area (TPSA) is 50.7 Å². The molecule has 4 nitrogen and oxygen atoms in total. The van der Waals surface area contributed by atoms with Crippen molar-refractivity contribution in [3.63, 3.8) is 0 Å². The lowest BCUT2D eigenvalue weighted by Crippen LogP contribution is -2.17. The molecule has 0 radical (unpaired) electrons. The number of nitrogens with zero attached hydrogens (tertiary/aromatic N) is 1. The number of hydrazone groups is 1. The molecule has 2 aromatic rings. The molecular formula is C14H13ClN2O2S2. The highest BCUT2D eigenvalue weighted by atomic mass is 35.5. The molecule has 0 aliphatic rings. The number of hydrogen-bond acceptors (Lipinski definition) is 5. The van der Waals surface area contributed by atoms with E-state index in [-0.39, 0.29) is 5.91 Å². The van der Waals surface area contributed by atoms with Crippen molar-refractivity contribution in [2.24, 2.45) is 5.10 Å². The van der Waals surface area contributed by atoms with Crippen molar-refractivity contribution < 1.29 is 9.53 Å². The van der Waals surface area contributed by atoms with E-state index in [0.29, 0.717) is 10.6 Å². The molecule has 0 atom stereocenters. The first-order valence-electron chi connectivity index (χ1n) is 5.95. The number of benzene rings is 1. The summed E-state index contributed by atoms with van der Waals surface area (Å²) in [6, 6.07) is 8.65. The van der Waals surface area contributed by atoms with Crippen LogP contribution in [-0.4, -0.2) is 25.5 Å². The molecule has 1 aromatic heterocycles.